The monoisotopic (exact) mass is 223 g/mol. The van der Waals surface area contributed by atoms with E-state index in [0.717, 1.165) is 5.02 Å². The molecule has 0 saturated carbocycles. The highest BCUT2D eigenvalue weighted by atomic mass is 35.5. The van der Waals surface area contributed by atoms with Gasteiger partial charge in [-0.05, 0) is 24.1 Å². The maximum absolute atomic E-state index is 10.9. The lowest BCUT2D eigenvalue weighted by molar-refractivity contribution is 0.218. The summed E-state index contributed by atoms with van der Waals surface area (Å²) in [5.74, 6) is 0.273. The van der Waals surface area contributed by atoms with Crippen LogP contribution < -0.4 is 5.73 Å². The van der Waals surface area contributed by atoms with E-state index >= 15 is 0 Å². The summed E-state index contributed by atoms with van der Waals surface area (Å²) in [6.07, 6.45) is 2.09. The van der Waals surface area contributed by atoms with Gasteiger partial charge in [-0.15, -0.1) is 0 Å². The normalized spacial score (nSPS) is 20.6. The topological polar surface area (TPSA) is 46.3 Å². The van der Waals surface area contributed by atoms with Crippen LogP contribution in [0.5, 0.6) is 0 Å². The second-order valence-electron chi connectivity index (χ2n) is 3.64. The van der Waals surface area contributed by atoms with Gasteiger partial charge in [0.05, 0.1) is 0 Å². The molecule has 0 aliphatic carbocycles. The van der Waals surface area contributed by atoms with E-state index in [1.165, 1.54) is 5.56 Å². The van der Waals surface area contributed by atoms with Crippen molar-refractivity contribution in [2.45, 2.75) is 5.92 Å². The van der Waals surface area contributed by atoms with Crippen molar-refractivity contribution in [2.75, 3.05) is 13.1 Å². The average Bonchev–Trinajstić information content (AvgIpc) is 2.68. The molecule has 1 aliphatic heterocycles. The van der Waals surface area contributed by atoms with E-state index in [1.54, 1.807) is 4.90 Å². The Balaban J connectivity index is 2.07. The first-order valence-electron chi connectivity index (χ1n) is 4.80. The van der Waals surface area contributed by atoms with Crippen molar-refractivity contribution in [3.63, 3.8) is 0 Å². The number of carbonyl (C=O) groups excluding carboxylic acids is 1. The minimum Gasteiger partial charge on any atom is -0.351 e. The van der Waals surface area contributed by atoms with Gasteiger partial charge in [0.1, 0.15) is 0 Å². The van der Waals surface area contributed by atoms with Gasteiger partial charge in [-0.2, -0.15) is 0 Å². The molecule has 1 atom stereocenters. The highest BCUT2D eigenvalue weighted by Crippen LogP contribution is 2.26. The third-order valence-electron chi connectivity index (χ3n) is 2.64. The zero-order valence-corrected chi connectivity index (χ0v) is 8.95. The molecule has 1 heterocycles. The molecule has 1 aliphatic rings. The lowest BCUT2D eigenvalue weighted by Gasteiger charge is -2.13. The minimum atomic E-state index is -0.359. The van der Waals surface area contributed by atoms with E-state index in [4.69, 9.17) is 17.3 Å². The SMILES string of the molecule is NC(=O)N1C[CH]C(c2ccc(Cl)cc2)C1. The molecule has 3 nitrogen and oxygen atoms in total. The highest BCUT2D eigenvalue weighted by Gasteiger charge is 2.25. The van der Waals surface area contributed by atoms with Gasteiger partial charge >= 0.3 is 6.03 Å². The van der Waals surface area contributed by atoms with Crippen molar-refractivity contribution in [2.24, 2.45) is 5.73 Å². The summed E-state index contributed by atoms with van der Waals surface area (Å²) in [7, 11) is 0. The Labute approximate surface area is 93.8 Å². The first-order valence-corrected chi connectivity index (χ1v) is 5.18. The molecular weight excluding hydrogens is 212 g/mol. The molecule has 1 radical (unpaired) electrons. The third-order valence-corrected chi connectivity index (χ3v) is 2.89. The van der Waals surface area contributed by atoms with Crippen LogP contribution in [-0.2, 0) is 0 Å². The molecule has 15 heavy (non-hydrogen) atoms. The maximum atomic E-state index is 10.9. The minimum absolute atomic E-state index is 0.273. The quantitative estimate of drug-likeness (QED) is 0.778. The molecule has 1 unspecified atom stereocenters. The van der Waals surface area contributed by atoms with Crippen molar-refractivity contribution < 1.29 is 4.79 Å². The fraction of sp³-hybridized carbons (Fsp3) is 0.273. The zero-order chi connectivity index (χ0) is 10.8. The molecule has 4 heteroatoms. The van der Waals surface area contributed by atoms with Crippen LogP contribution in [-0.4, -0.2) is 24.0 Å². The van der Waals surface area contributed by atoms with Crippen LogP contribution >= 0.6 is 11.6 Å². The molecule has 2 rings (SSSR count). The molecule has 1 aromatic rings. The largest absolute Gasteiger partial charge is 0.351 e. The van der Waals surface area contributed by atoms with Crippen molar-refractivity contribution in [3.05, 3.63) is 41.3 Å². The van der Waals surface area contributed by atoms with Crippen LogP contribution in [0.25, 0.3) is 0 Å². The van der Waals surface area contributed by atoms with Gasteiger partial charge in [-0.25, -0.2) is 4.79 Å². The second-order valence-corrected chi connectivity index (χ2v) is 4.07. The number of nitrogens with zero attached hydrogens (tertiary/aromatic N) is 1. The lowest BCUT2D eigenvalue weighted by Crippen LogP contribution is -2.33. The Morgan fingerprint density at radius 1 is 1.40 bits per heavy atom. The maximum Gasteiger partial charge on any atom is 0.314 e. The van der Waals surface area contributed by atoms with Gasteiger partial charge in [-0.1, -0.05) is 23.7 Å². The van der Waals surface area contributed by atoms with Gasteiger partial charge < -0.3 is 10.6 Å². The van der Waals surface area contributed by atoms with Crippen molar-refractivity contribution in [1.29, 1.82) is 0 Å². The van der Waals surface area contributed by atoms with Crippen LogP contribution in [0.3, 0.4) is 0 Å². The van der Waals surface area contributed by atoms with Gasteiger partial charge in [0.2, 0.25) is 0 Å². The average molecular weight is 224 g/mol. The molecule has 0 bridgehead atoms. The number of halogens is 1. The zero-order valence-electron chi connectivity index (χ0n) is 8.19. The summed E-state index contributed by atoms with van der Waals surface area (Å²) < 4.78 is 0. The summed E-state index contributed by atoms with van der Waals surface area (Å²) in [6, 6.07) is 7.32. The number of rotatable bonds is 1. The summed E-state index contributed by atoms with van der Waals surface area (Å²) in [5, 5.41) is 0.725. The number of urea groups is 1. The first-order chi connectivity index (χ1) is 7.16. The number of nitrogens with two attached hydrogens (primary N) is 1. The van der Waals surface area contributed by atoms with E-state index in [2.05, 4.69) is 6.42 Å². The summed E-state index contributed by atoms with van der Waals surface area (Å²) >= 11 is 5.80. The summed E-state index contributed by atoms with van der Waals surface area (Å²) in [5.41, 5.74) is 6.38. The van der Waals surface area contributed by atoms with Crippen LogP contribution in [0.1, 0.15) is 11.5 Å². The molecular formula is C11H12ClN2O. The first kappa shape index (κ1) is 10.3. The van der Waals surface area contributed by atoms with Crippen LogP contribution in [0.4, 0.5) is 4.79 Å². The number of benzene rings is 1. The molecule has 1 aromatic carbocycles. The number of hydrogen-bond donors (Lipinski definition) is 1. The Hall–Kier alpha value is -1.22. The number of amides is 2. The summed E-state index contributed by atoms with van der Waals surface area (Å²) in [6.45, 7) is 1.29. The fourth-order valence-electron chi connectivity index (χ4n) is 1.77. The Kier molecular flexibility index (Phi) is 2.82. The number of primary amides is 1. The molecule has 79 valence electrons. The van der Waals surface area contributed by atoms with E-state index in [-0.39, 0.29) is 11.9 Å². The molecule has 2 amide bonds. The van der Waals surface area contributed by atoms with E-state index in [1.807, 2.05) is 24.3 Å². The molecule has 1 saturated heterocycles. The molecule has 1 fully saturated rings. The van der Waals surface area contributed by atoms with Gasteiger partial charge in [0, 0.05) is 24.0 Å². The van der Waals surface area contributed by atoms with E-state index in [0.29, 0.717) is 13.1 Å². The number of hydrogen-bond acceptors (Lipinski definition) is 1. The van der Waals surface area contributed by atoms with Crippen LogP contribution in [0.2, 0.25) is 5.02 Å². The second kappa shape index (κ2) is 4.11. The van der Waals surface area contributed by atoms with E-state index < -0.39 is 0 Å². The van der Waals surface area contributed by atoms with Crippen molar-refractivity contribution in [3.8, 4) is 0 Å². The smallest absolute Gasteiger partial charge is 0.314 e. The van der Waals surface area contributed by atoms with Crippen LogP contribution in [0.15, 0.2) is 24.3 Å². The summed E-state index contributed by atoms with van der Waals surface area (Å²) in [4.78, 5) is 12.6. The number of carbonyl (C=O) groups is 1. The van der Waals surface area contributed by atoms with Gasteiger partial charge in [0.15, 0.2) is 0 Å². The highest BCUT2D eigenvalue weighted by molar-refractivity contribution is 6.30. The standard InChI is InChI=1S/C11H12ClN2O/c12-10-3-1-8(2-4-10)9-5-6-14(7-9)11(13)15/h1-5,9H,6-7H2,(H2,13,15). The number of likely N-dealkylation sites (tertiary alicyclic amines) is 1. The Morgan fingerprint density at radius 3 is 2.60 bits per heavy atom. The van der Waals surface area contributed by atoms with Gasteiger partial charge in [-0.3, -0.25) is 0 Å². The predicted octanol–water partition coefficient (Wildman–Crippen LogP) is 2.02. The van der Waals surface area contributed by atoms with Crippen LogP contribution in [0, 0.1) is 6.42 Å². The lowest BCUT2D eigenvalue weighted by atomic mass is 9.99. The molecule has 2 N–H and O–H groups in total. The Morgan fingerprint density at radius 2 is 2.07 bits per heavy atom. The van der Waals surface area contributed by atoms with E-state index in [9.17, 15) is 4.79 Å². The predicted molar refractivity (Wildman–Crippen MR) is 59.6 cm³/mol. The van der Waals surface area contributed by atoms with Crippen molar-refractivity contribution in [1.82, 2.24) is 4.90 Å². The Bertz CT molecular complexity index is 363. The molecule has 0 aromatic heterocycles. The molecule has 0 spiro atoms. The third kappa shape index (κ3) is 2.23. The van der Waals surface area contributed by atoms with Gasteiger partial charge in [0.25, 0.3) is 0 Å². The van der Waals surface area contributed by atoms with Crippen molar-refractivity contribution >= 4 is 17.6 Å². The fourth-order valence-corrected chi connectivity index (χ4v) is 1.90.